The van der Waals surface area contributed by atoms with Crippen molar-refractivity contribution in [2.45, 2.75) is 46.1 Å². The largest absolute Gasteiger partial charge is 0.265 e. The van der Waals surface area contributed by atoms with E-state index in [0.717, 1.165) is 33.4 Å². The fraction of sp³-hybridized carbons (Fsp3) is 0.286. The Bertz CT molecular complexity index is 1220. The minimum absolute atomic E-state index is 0.227. The van der Waals surface area contributed by atoms with Crippen LogP contribution >= 0.6 is 39.1 Å². The van der Waals surface area contributed by atoms with E-state index < -0.39 is 10.0 Å². The molecule has 3 aromatic rings. The molecule has 30 heavy (non-hydrogen) atoms. The minimum atomic E-state index is -3.83. The molecular weight excluding hydrogens is 509 g/mol. The number of hydrogen-bond donors (Lipinski definition) is 1. The molecule has 1 heterocycles. The highest BCUT2D eigenvalue weighted by atomic mass is 79.9. The molecule has 0 fully saturated rings. The molecule has 0 saturated carbocycles. The smallest absolute Gasteiger partial charge is 0.263 e. The zero-order valence-electron chi connectivity index (χ0n) is 17.3. The van der Waals surface area contributed by atoms with E-state index in [1.54, 1.807) is 23.0 Å². The maximum atomic E-state index is 13.2. The molecule has 0 aliphatic rings. The SMILES string of the molecule is Cc1c(C)c(C)c(S(=O)(=O)Nc2nn(Cc3ccc(Cl)c(Cl)c3)cc2Br)c(C)c1C. The van der Waals surface area contributed by atoms with E-state index in [0.29, 0.717) is 26.0 Å². The molecule has 0 atom stereocenters. The number of rotatable bonds is 5. The van der Waals surface area contributed by atoms with Crippen LogP contribution in [0.15, 0.2) is 33.8 Å². The van der Waals surface area contributed by atoms with Gasteiger partial charge in [0.15, 0.2) is 5.82 Å². The van der Waals surface area contributed by atoms with Gasteiger partial charge in [0.25, 0.3) is 10.0 Å². The van der Waals surface area contributed by atoms with Gasteiger partial charge in [-0.05, 0) is 96.1 Å². The zero-order valence-corrected chi connectivity index (χ0v) is 21.2. The molecule has 0 radical (unpaired) electrons. The Labute approximate surface area is 195 Å². The predicted octanol–water partition coefficient (Wildman–Crippen LogP) is 6.34. The average Bonchev–Trinajstić information content (AvgIpc) is 2.99. The molecular formula is C21H22BrCl2N3O2S. The van der Waals surface area contributed by atoms with Crippen molar-refractivity contribution >= 4 is 55.0 Å². The van der Waals surface area contributed by atoms with Gasteiger partial charge in [-0.1, -0.05) is 29.3 Å². The lowest BCUT2D eigenvalue weighted by Gasteiger charge is -2.19. The van der Waals surface area contributed by atoms with E-state index in [9.17, 15) is 8.42 Å². The van der Waals surface area contributed by atoms with E-state index in [1.807, 2.05) is 40.7 Å². The van der Waals surface area contributed by atoms with Gasteiger partial charge in [-0.2, -0.15) is 5.10 Å². The zero-order chi connectivity index (χ0) is 22.4. The van der Waals surface area contributed by atoms with Crippen LogP contribution < -0.4 is 4.72 Å². The molecule has 0 spiro atoms. The van der Waals surface area contributed by atoms with Gasteiger partial charge in [0, 0.05) is 6.20 Å². The van der Waals surface area contributed by atoms with Gasteiger partial charge >= 0.3 is 0 Å². The van der Waals surface area contributed by atoms with Crippen LogP contribution in [0.1, 0.15) is 33.4 Å². The van der Waals surface area contributed by atoms with Gasteiger partial charge in [-0.3, -0.25) is 9.40 Å². The van der Waals surface area contributed by atoms with Gasteiger partial charge < -0.3 is 0 Å². The first-order valence-corrected chi connectivity index (χ1v) is 12.2. The normalized spacial score (nSPS) is 11.7. The third kappa shape index (κ3) is 4.40. The van der Waals surface area contributed by atoms with E-state index >= 15 is 0 Å². The van der Waals surface area contributed by atoms with Crippen molar-refractivity contribution in [2.75, 3.05) is 4.72 Å². The molecule has 0 amide bonds. The fourth-order valence-corrected chi connectivity index (χ4v) is 5.91. The molecule has 9 heteroatoms. The van der Waals surface area contributed by atoms with Crippen LogP contribution in [0.5, 0.6) is 0 Å². The second kappa shape index (κ2) is 8.54. The third-order valence-electron chi connectivity index (χ3n) is 5.48. The van der Waals surface area contributed by atoms with Crippen molar-refractivity contribution in [3.63, 3.8) is 0 Å². The van der Waals surface area contributed by atoms with E-state index in [4.69, 9.17) is 23.2 Å². The third-order valence-corrected chi connectivity index (χ3v) is 8.41. The second-order valence-electron chi connectivity index (χ2n) is 7.33. The van der Waals surface area contributed by atoms with Crippen LogP contribution in [-0.2, 0) is 16.6 Å². The lowest BCUT2D eigenvalue weighted by molar-refractivity contribution is 0.599. The maximum Gasteiger partial charge on any atom is 0.263 e. The summed E-state index contributed by atoms with van der Waals surface area (Å²) in [5.74, 6) is 0.227. The summed E-state index contributed by atoms with van der Waals surface area (Å²) in [5.41, 5.74) is 5.44. The first-order chi connectivity index (χ1) is 13.9. The molecule has 0 unspecified atom stereocenters. The first kappa shape index (κ1) is 23.1. The van der Waals surface area contributed by atoms with Crippen LogP contribution in [0.25, 0.3) is 0 Å². The highest BCUT2D eigenvalue weighted by molar-refractivity contribution is 9.10. The summed E-state index contributed by atoms with van der Waals surface area (Å²) in [6.45, 7) is 9.98. The maximum absolute atomic E-state index is 13.2. The number of benzene rings is 2. The molecule has 1 aromatic heterocycles. The summed E-state index contributed by atoms with van der Waals surface area (Å²) in [6.07, 6.45) is 1.71. The predicted molar refractivity (Wildman–Crippen MR) is 126 cm³/mol. The number of nitrogens with one attached hydrogen (secondary N) is 1. The Hall–Kier alpha value is -1.54. The molecule has 0 aliphatic heterocycles. The van der Waals surface area contributed by atoms with E-state index in [2.05, 4.69) is 25.8 Å². The lowest BCUT2D eigenvalue weighted by Crippen LogP contribution is -2.18. The van der Waals surface area contributed by atoms with Crippen LogP contribution in [0, 0.1) is 34.6 Å². The van der Waals surface area contributed by atoms with Gasteiger partial charge in [-0.15, -0.1) is 0 Å². The lowest BCUT2D eigenvalue weighted by atomic mass is 9.95. The number of hydrogen-bond acceptors (Lipinski definition) is 3. The summed E-state index contributed by atoms with van der Waals surface area (Å²) in [7, 11) is -3.83. The molecule has 0 bridgehead atoms. The molecule has 0 saturated heterocycles. The summed E-state index contributed by atoms with van der Waals surface area (Å²) in [4.78, 5) is 0.300. The molecule has 5 nitrogen and oxygen atoms in total. The van der Waals surface area contributed by atoms with Crippen molar-refractivity contribution in [1.82, 2.24) is 9.78 Å². The highest BCUT2D eigenvalue weighted by Gasteiger charge is 2.25. The summed E-state index contributed by atoms with van der Waals surface area (Å²) >= 11 is 15.4. The van der Waals surface area contributed by atoms with Crippen LogP contribution in [0.4, 0.5) is 5.82 Å². The summed E-state index contributed by atoms with van der Waals surface area (Å²) in [6, 6.07) is 5.32. The Balaban J connectivity index is 1.94. The molecule has 3 rings (SSSR count). The molecule has 2 aromatic carbocycles. The van der Waals surface area contributed by atoms with E-state index in [1.165, 1.54) is 0 Å². The van der Waals surface area contributed by atoms with Crippen molar-refractivity contribution in [3.05, 3.63) is 72.3 Å². The summed E-state index contributed by atoms with van der Waals surface area (Å²) in [5, 5.41) is 5.33. The van der Waals surface area contributed by atoms with E-state index in [-0.39, 0.29) is 5.82 Å². The second-order valence-corrected chi connectivity index (χ2v) is 10.6. The van der Waals surface area contributed by atoms with Gasteiger partial charge in [0.1, 0.15) is 0 Å². The summed E-state index contributed by atoms with van der Waals surface area (Å²) < 4.78 is 31.3. The average molecular weight is 531 g/mol. The van der Waals surface area contributed by atoms with Crippen LogP contribution in [0.3, 0.4) is 0 Å². The van der Waals surface area contributed by atoms with Crippen molar-refractivity contribution in [1.29, 1.82) is 0 Å². The minimum Gasteiger partial charge on any atom is -0.265 e. The molecule has 160 valence electrons. The van der Waals surface area contributed by atoms with Crippen molar-refractivity contribution in [2.24, 2.45) is 0 Å². The number of anilines is 1. The van der Waals surface area contributed by atoms with Crippen molar-refractivity contribution in [3.8, 4) is 0 Å². The Morgan fingerprint density at radius 2 is 1.53 bits per heavy atom. The Morgan fingerprint density at radius 1 is 0.967 bits per heavy atom. The standard InChI is InChI=1S/C21H22BrCl2N3O2S/c1-11-12(2)14(4)20(15(5)13(11)3)30(28,29)26-21-17(22)10-27(25-21)9-16-6-7-18(23)19(24)8-16/h6-8,10H,9H2,1-5H3,(H,25,26). The number of sulfonamides is 1. The monoisotopic (exact) mass is 529 g/mol. The Morgan fingerprint density at radius 3 is 2.10 bits per heavy atom. The van der Waals surface area contributed by atoms with Crippen molar-refractivity contribution < 1.29 is 8.42 Å². The topological polar surface area (TPSA) is 64.0 Å². The van der Waals surface area contributed by atoms with Gasteiger partial charge in [0.2, 0.25) is 0 Å². The fourth-order valence-electron chi connectivity index (χ4n) is 3.42. The first-order valence-electron chi connectivity index (χ1n) is 9.19. The highest BCUT2D eigenvalue weighted by Crippen LogP contribution is 2.32. The number of halogens is 3. The van der Waals surface area contributed by atoms with Gasteiger partial charge in [0.05, 0.1) is 26.0 Å². The van der Waals surface area contributed by atoms with Gasteiger partial charge in [-0.25, -0.2) is 8.42 Å². The molecule has 1 N–H and O–H groups in total. The van der Waals surface area contributed by atoms with Crippen LogP contribution in [0.2, 0.25) is 10.0 Å². The number of aromatic nitrogens is 2. The molecule has 0 aliphatic carbocycles. The number of nitrogens with zero attached hydrogens (tertiary/aromatic N) is 2. The Kier molecular flexibility index (Phi) is 6.58. The van der Waals surface area contributed by atoms with Crippen LogP contribution in [-0.4, -0.2) is 18.2 Å². The quantitative estimate of drug-likeness (QED) is 0.418.